The number of benzene rings is 2. The predicted molar refractivity (Wildman–Crippen MR) is 91.4 cm³/mol. The van der Waals surface area contributed by atoms with Gasteiger partial charge in [-0.15, -0.1) is 0 Å². The van der Waals surface area contributed by atoms with Gasteiger partial charge in [0.15, 0.2) is 0 Å². The van der Waals surface area contributed by atoms with Crippen LogP contribution in [0.2, 0.25) is 0 Å². The zero-order chi connectivity index (χ0) is 15.8. The number of halogens is 1. The minimum absolute atomic E-state index is 0.0695. The fraction of sp³-hybridized carbons (Fsp3) is 0.263. The van der Waals surface area contributed by atoms with Gasteiger partial charge in [-0.2, -0.15) is 0 Å². The molecule has 0 bridgehead atoms. The van der Waals surface area contributed by atoms with Gasteiger partial charge in [-0.05, 0) is 29.8 Å². The van der Waals surface area contributed by atoms with Crippen LogP contribution < -0.4 is 4.74 Å². The number of para-hydroxylation sites is 1. The summed E-state index contributed by atoms with van der Waals surface area (Å²) in [5.41, 5.74) is 2.55. The Labute approximate surface area is 137 Å². The van der Waals surface area contributed by atoms with Crippen LogP contribution in [0.15, 0.2) is 66.2 Å². The van der Waals surface area contributed by atoms with Crippen molar-refractivity contribution in [2.45, 2.75) is 20.5 Å². The molecule has 2 aromatic rings. The van der Waals surface area contributed by atoms with Crippen molar-refractivity contribution in [1.82, 2.24) is 0 Å². The molecule has 2 nitrogen and oxygen atoms in total. The molecule has 0 aliphatic rings. The van der Waals surface area contributed by atoms with E-state index >= 15 is 0 Å². The van der Waals surface area contributed by atoms with E-state index in [0.29, 0.717) is 13.2 Å². The van der Waals surface area contributed by atoms with E-state index in [2.05, 4.69) is 13.8 Å². The molecule has 0 fully saturated rings. The highest BCUT2D eigenvalue weighted by Gasteiger charge is 2.13. The van der Waals surface area contributed by atoms with Gasteiger partial charge in [0.25, 0.3) is 0 Å². The Bertz CT molecular complexity index is 606. The molecule has 0 aliphatic carbocycles. The van der Waals surface area contributed by atoms with Crippen molar-refractivity contribution in [3.63, 3.8) is 0 Å². The zero-order valence-corrected chi connectivity index (χ0v) is 13.7. The lowest BCUT2D eigenvalue weighted by molar-refractivity contribution is 0.0717. The minimum Gasteiger partial charge on any atom is -0.457 e. The largest absolute Gasteiger partial charge is 0.457 e. The van der Waals surface area contributed by atoms with Gasteiger partial charge in [-0.25, -0.2) is 0 Å². The van der Waals surface area contributed by atoms with E-state index in [1.807, 2.05) is 60.7 Å². The van der Waals surface area contributed by atoms with Crippen molar-refractivity contribution in [2.24, 2.45) is 5.41 Å². The van der Waals surface area contributed by atoms with Crippen molar-refractivity contribution in [1.29, 1.82) is 0 Å². The number of rotatable bonds is 7. The summed E-state index contributed by atoms with van der Waals surface area (Å²) in [5.74, 6) is 1.64. The van der Waals surface area contributed by atoms with Gasteiger partial charge in [-0.1, -0.05) is 61.9 Å². The third-order valence-electron chi connectivity index (χ3n) is 3.13. The summed E-state index contributed by atoms with van der Waals surface area (Å²) in [4.78, 5) is 0. The monoisotopic (exact) mass is 316 g/mol. The Morgan fingerprint density at radius 2 is 1.73 bits per heavy atom. The van der Waals surface area contributed by atoms with E-state index < -0.39 is 0 Å². The second-order valence-electron chi connectivity index (χ2n) is 5.84. The second-order valence-corrected chi connectivity index (χ2v) is 6.09. The summed E-state index contributed by atoms with van der Waals surface area (Å²) >= 11 is 5.63. The molecule has 0 atom stereocenters. The van der Waals surface area contributed by atoms with E-state index in [1.54, 1.807) is 0 Å². The van der Waals surface area contributed by atoms with Crippen molar-refractivity contribution in [2.75, 3.05) is 6.61 Å². The van der Waals surface area contributed by atoms with Gasteiger partial charge < -0.3 is 9.47 Å². The van der Waals surface area contributed by atoms with Gasteiger partial charge in [0.1, 0.15) is 11.5 Å². The van der Waals surface area contributed by atoms with Crippen LogP contribution >= 0.6 is 11.6 Å². The van der Waals surface area contributed by atoms with Crippen LogP contribution in [0.1, 0.15) is 19.4 Å². The number of hydrogen-bond acceptors (Lipinski definition) is 2. The van der Waals surface area contributed by atoms with E-state index in [4.69, 9.17) is 21.1 Å². The van der Waals surface area contributed by atoms with Crippen LogP contribution in [0.25, 0.3) is 0 Å². The van der Waals surface area contributed by atoms with Crippen LogP contribution in [-0.2, 0) is 11.3 Å². The minimum atomic E-state index is -0.0695. The Kier molecular flexibility index (Phi) is 6.05. The first-order valence-corrected chi connectivity index (χ1v) is 7.70. The van der Waals surface area contributed by atoms with Crippen LogP contribution in [0.4, 0.5) is 0 Å². The average Bonchev–Trinajstić information content (AvgIpc) is 2.48. The summed E-state index contributed by atoms with van der Waals surface area (Å²) < 4.78 is 11.6. The van der Waals surface area contributed by atoms with Gasteiger partial charge in [-0.3, -0.25) is 0 Å². The number of ether oxygens (including phenoxy) is 2. The Morgan fingerprint density at radius 1 is 1.00 bits per heavy atom. The van der Waals surface area contributed by atoms with Crippen molar-refractivity contribution >= 4 is 11.6 Å². The molecule has 0 amide bonds. The fourth-order valence-corrected chi connectivity index (χ4v) is 2.32. The molecule has 22 heavy (non-hydrogen) atoms. The van der Waals surface area contributed by atoms with Crippen molar-refractivity contribution in [3.8, 4) is 11.5 Å². The Balaban J connectivity index is 1.92. The van der Waals surface area contributed by atoms with Gasteiger partial charge >= 0.3 is 0 Å². The standard InChI is InChI=1S/C19H21ClO2/c1-19(2,11-12-20)15-21-14-16-7-6-10-18(13-16)22-17-8-4-3-5-9-17/h3-13H,14-15H2,1-2H3/b12-11-. The van der Waals surface area contributed by atoms with Crippen molar-refractivity contribution < 1.29 is 9.47 Å². The van der Waals surface area contributed by atoms with E-state index in [0.717, 1.165) is 17.1 Å². The molecule has 0 radical (unpaired) electrons. The molecule has 0 spiro atoms. The highest BCUT2D eigenvalue weighted by atomic mass is 35.5. The van der Waals surface area contributed by atoms with E-state index in [-0.39, 0.29) is 5.41 Å². The maximum absolute atomic E-state index is 5.82. The first-order valence-electron chi connectivity index (χ1n) is 7.26. The van der Waals surface area contributed by atoms with Gasteiger partial charge in [0.2, 0.25) is 0 Å². The molecule has 0 aromatic heterocycles. The maximum atomic E-state index is 5.82. The topological polar surface area (TPSA) is 18.5 Å². The van der Waals surface area contributed by atoms with Crippen LogP contribution in [-0.4, -0.2) is 6.61 Å². The van der Waals surface area contributed by atoms with Crippen LogP contribution in [0.3, 0.4) is 0 Å². The third kappa shape index (κ3) is 5.55. The first kappa shape index (κ1) is 16.6. The summed E-state index contributed by atoms with van der Waals surface area (Å²) in [6.45, 7) is 5.33. The van der Waals surface area contributed by atoms with Crippen molar-refractivity contribution in [3.05, 3.63) is 71.8 Å². The summed E-state index contributed by atoms with van der Waals surface area (Å²) in [7, 11) is 0. The Morgan fingerprint density at radius 3 is 2.45 bits per heavy atom. The van der Waals surface area contributed by atoms with Crippen LogP contribution in [0.5, 0.6) is 11.5 Å². The lowest BCUT2D eigenvalue weighted by atomic mass is 9.95. The third-order valence-corrected chi connectivity index (χ3v) is 3.26. The SMILES string of the molecule is CC(C)(/C=C\Cl)COCc1cccc(Oc2ccccc2)c1. The van der Waals surface area contributed by atoms with E-state index in [1.165, 1.54) is 5.54 Å². The smallest absolute Gasteiger partial charge is 0.127 e. The summed E-state index contributed by atoms with van der Waals surface area (Å²) in [6, 6.07) is 17.7. The molecular formula is C19H21ClO2. The zero-order valence-electron chi connectivity index (χ0n) is 13.0. The maximum Gasteiger partial charge on any atom is 0.127 e. The molecule has 116 valence electrons. The lowest BCUT2D eigenvalue weighted by Gasteiger charge is -2.19. The molecule has 0 N–H and O–H groups in total. The normalized spacial score (nSPS) is 11.8. The molecule has 2 aromatic carbocycles. The molecule has 0 saturated heterocycles. The van der Waals surface area contributed by atoms with Crippen LogP contribution in [0, 0.1) is 5.41 Å². The van der Waals surface area contributed by atoms with Gasteiger partial charge in [0.05, 0.1) is 13.2 Å². The first-order chi connectivity index (χ1) is 10.6. The highest BCUT2D eigenvalue weighted by molar-refractivity contribution is 6.25. The fourth-order valence-electron chi connectivity index (χ4n) is 1.97. The predicted octanol–water partition coefficient (Wildman–Crippen LogP) is 5.77. The second kappa shape index (κ2) is 8.02. The molecule has 0 saturated carbocycles. The molecule has 0 aliphatic heterocycles. The molecule has 0 unspecified atom stereocenters. The summed E-state index contributed by atoms with van der Waals surface area (Å²) in [6.07, 6.45) is 1.93. The van der Waals surface area contributed by atoms with Gasteiger partial charge in [0, 0.05) is 11.0 Å². The molecular weight excluding hydrogens is 296 g/mol. The Hall–Kier alpha value is -1.77. The average molecular weight is 317 g/mol. The molecule has 3 heteroatoms. The summed E-state index contributed by atoms with van der Waals surface area (Å²) in [5, 5.41) is 0. The highest BCUT2D eigenvalue weighted by Crippen LogP contribution is 2.23. The quantitative estimate of drug-likeness (QED) is 0.645. The molecule has 2 rings (SSSR count). The van der Waals surface area contributed by atoms with E-state index in [9.17, 15) is 0 Å². The molecule has 0 heterocycles. The number of hydrogen-bond donors (Lipinski definition) is 0. The lowest BCUT2D eigenvalue weighted by Crippen LogP contribution is -2.16.